The number of rotatable bonds is 1. The molecule has 16 heavy (non-hydrogen) atoms. The van der Waals surface area contributed by atoms with Gasteiger partial charge in [-0.05, 0) is 51.4 Å². The number of nitrogens with zero attached hydrogens (tertiary/aromatic N) is 2. The molecule has 0 saturated carbocycles. The van der Waals surface area contributed by atoms with Gasteiger partial charge in [0.15, 0.2) is 4.77 Å². The van der Waals surface area contributed by atoms with E-state index in [9.17, 15) is 0 Å². The third-order valence-corrected chi connectivity index (χ3v) is 4.37. The highest BCUT2D eigenvalue weighted by molar-refractivity contribution is 7.71. The Morgan fingerprint density at radius 1 is 1.31 bits per heavy atom. The molecule has 1 aromatic heterocycles. The fourth-order valence-corrected chi connectivity index (χ4v) is 3.62. The van der Waals surface area contributed by atoms with Crippen molar-refractivity contribution in [2.75, 3.05) is 13.1 Å². The topological polar surface area (TPSA) is 24.0 Å². The van der Waals surface area contributed by atoms with Gasteiger partial charge in [0.25, 0.3) is 0 Å². The van der Waals surface area contributed by atoms with Crippen molar-refractivity contribution in [1.82, 2.24) is 14.5 Å². The Bertz CT molecular complexity index is 434. The molecule has 0 aliphatic carbocycles. The highest BCUT2D eigenvalue weighted by Gasteiger charge is 2.32. The number of aryl methyl sites for hydroxylation is 1. The Labute approximate surface area is 101 Å². The minimum absolute atomic E-state index is 0.622. The van der Waals surface area contributed by atoms with Crippen LogP contribution in [0.25, 0.3) is 0 Å². The van der Waals surface area contributed by atoms with Gasteiger partial charge in [0.1, 0.15) is 0 Å². The first-order chi connectivity index (χ1) is 7.74. The van der Waals surface area contributed by atoms with E-state index in [1.807, 2.05) is 0 Å². The lowest BCUT2D eigenvalue weighted by Gasteiger charge is -2.35. The number of aromatic nitrogens is 2. The van der Waals surface area contributed by atoms with Crippen molar-refractivity contribution in [1.29, 1.82) is 0 Å². The molecular weight excluding hydrogens is 218 g/mol. The predicted molar refractivity (Wildman–Crippen MR) is 67.2 cm³/mol. The zero-order valence-corrected chi connectivity index (χ0v) is 10.6. The summed E-state index contributed by atoms with van der Waals surface area (Å²) in [6, 6.07) is 1.44. The van der Waals surface area contributed by atoms with Gasteiger partial charge in [0, 0.05) is 30.5 Å². The number of hydrogen-bond donors (Lipinski definition) is 1. The molecule has 3 heterocycles. The normalized spacial score (nSPS) is 30.6. The fraction of sp³-hybridized carbons (Fsp3) is 0.750. The minimum Gasteiger partial charge on any atom is -0.335 e. The van der Waals surface area contributed by atoms with Crippen LogP contribution in [0.5, 0.6) is 0 Å². The monoisotopic (exact) mass is 237 g/mol. The van der Waals surface area contributed by atoms with E-state index in [0.29, 0.717) is 6.04 Å². The van der Waals surface area contributed by atoms with E-state index in [4.69, 9.17) is 12.2 Å². The van der Waals surface area contributed by atoms with Crippen LogP contribution in [0.4, 0.5) is 0 Å². The van der Waals surface area contributed by atoms with Crippen molar-refractivity contribution in [3.05, 3.63) is 16.7 Å². The summed E-state index contributed by atoms with van der Waals surface area (Å²) in [5, 5.41) is 0. The second-order valence-corrected chi connectivity index (χ2v) is 5.55. The molecule has 0 aromatic carbocycles. The first-order valence-electron chi connectivity index (χ1n) is 6.26. The van der Waals surface area contributed by atoms with Crippen molar-refractivity contribution >= 4 is 12.2 Å². The Balaban J connectivity index is 1.81. The number of nitrogens with one attached hydrogen (secondary N) is 1. The maximum absolute atomic E-state index is 5.37. The van der Waals surface area contributed by atoms with Crippen molar-refractivity contribution in [3.8, 4) is 0 Å². The average molecular weight is 237 g/mol. The summed E-state index contributed by atoms with van der Waals surface area (Å²) in [6.07, 6.45) is 7.48. The average Bonchev–Trinajstić information content (AvgIpc) is 2.83. The second-order valence-electron chi connectivity index (χ2n) is 5.16. The zero-order valence-electron chi connectivity index (χ0n) is 9.78. The molecule has 1 aromatic rings. The van der Waals surface area contributed by atoms with Crippen LogP contribution in [0.2, 0.25) is 0 Å². The molecular formula is C12H19N3S. The van der Waals surface area contributed by atoms with Crippen LogP contribution >= 0.6 is 12.2 Å². The molecule has 0 amide bonds. The first-order valence-corrected chi connectivity index (χ1v) is 6.66. The molecule has 0 spiro atoms. The van der Waals surface area contributed by atoms with Gasteiger partial charge in [-0.1, -0.05) is 0 Å². The summed E-state index contributed by atoms with van der Waals surface area (Å²) >= 11 is 5.37. The zero-order chi connectivity index (χ0) is 11.1. The van der Waals surface area contributed by atoms with E-state index in [1.165, 1.54) is 44.5 Å². The number of fused-ring (bicyclic) bond motifs is 1. The molecule has 2 unspecified atom stereocenters. The van der Waals surface area contributed by atoms with Crippen LogP contribution < -0.4 is 0 Å². The lowest BCUT2D eigenvalue weighted by Crippen LogP contribution is -2.38. The van der Waals surface area contributed by atoms with Crippen LogP contribution in [0.3, 0.4) is 0 Å². The highest BCUT2D eigenvalue weighted by Crippen LogP contribution is 2.33. The smallest absolute Gasteiger partial charge is 0.177 e. The van der Waals surface area contributed by atoms with Gasteiger partial charge in [-0.15, -0.1) is 0 Å². The van der Waals surface area contributed by atoms with Crippen LogP contribution in [0.1, 0.15) is 37.4 Å². The van der Waals surface area contributed by atoms with Crippen molar-refractivity contribution < 1.29 is 0 Å². The maximum Gasteiger partial charge on any atom is 0.177 e. The van der Waals surface area contributed by atoms with Crippen molar-refractivity contribution in [2.24, 2.45) is 0 Å². The van der Waals surface area contributed by atoms with Crippen LogP contribution in [-0.2, 0) is 0 Å². The van der Waals surface area contributed by atoms with Gasteiger partial charge in [-0.2, -0.15) is 0 Å². The molecule has 0 bridgehead atoms. The number of aromatic amines is 1. The summed E-state index contributed by atoms with van der Waals surface area (Å²) in [5.41, 5.74) is 1.18. The van der Waals surface area contributed by atoms with Crippen LogP contribution in [0.15, 0.2) is 6.20 Å². The molecule has 3 rings (SSSR count). The Kier molecular flexibility index (Phi) is 2.64. The number of hydrogen-bond acceptors (Lipinski definition) is 2. The van der Waals surface area contributed by atoms with Gasteiger partial charge < -0.3 is 14.5 Å². The molecule has 2 fully saturated rings. The Morgan fingerprint density at radius 3 is 2.94 bits per heavy atom. The third kappa shape index (κ3) is 1.74. The summed E-state index contributed by atoms with van der Waals surface area (Å²) in [6.45, 7) is 4.65. The van der Waals surface area contributed by atoms with Gasteiger partial charge in [-0.3, -0.25) is 0 Å². The quantitative estimate of drug-likeness (QED) is 0.759. The molecule has 2 aliphatic heterocycles. The van der Waals surface area contributed by atoms with Gasteiger partial charge in [-0.25, -0.2) is 0 Å². The SMILES string of the molecule is Cc1cn(C2CCN3CCCC3C2)c(=S)[nH]1. The number of H-pyrrole nitrogens is 1. The maximum atomic E-state index is 5.37. The van der Waals surface area contributed by atoms with Crippen LogP contribution in [-0.4, -0.2) is 33.6 Å². The molecule has 0 radical (unpaired) electrons. The summed E-state index contributed by atoms with van der Waals surface area (Å²) in [7, 11) is 0. The fourth-order valence-electron chi connectivity index (χ4n) is 3.26. The lowest BCUT2D eigenvalue weighted by atomic mass is 9.97. The van der Waals surface area contributed by atoms with E-state index >= 15 is 0 Å². The summed E-state index contributed by atoms with van der Waals surface area (Å²) < 4.78 is 3.18. The van der Waals surface area contributed by atoms with E-state index < -0.39 is 0 Å². The lowest BCUT2D eigenvalue weighted by molar-refractivity contribution is 0.155. The van der Waals surface area contributed by atoms with Gasteiger partial charge >= 0.3 is 0 Å². The summed E-state index contributed by atoms with van der Waals surface area (Å²) in [5.74, 6) is 0. The largest absolute Gasteiger partial charge is 0.335 e. The van der Waals surface area contributed by atoms with E-state index in [-0.39, 0.29) is 0 Å². The van der Waals surface area contributed by atoms with Crippen LogP contribution in [0, 0.1) is 11.7 Å². The van der Waals surface area contributed by atoms with E-state index in [1.54, 1.807) is 0 Å². The molecule has 1 N–H and O–H groups in total. The second kappa shape index (κ2) is 4.00. The number of piperidine rings is 1. The van der Waals surface area contributed by atoms with Gasteiger partial charge in [0.2, 0.25) is 0 Å². The molecule has 2 aliphatic rings. The van der Waals surface area contributed by atoms with E-state index in [0.717, 1.165) is 10.8 Å². The standard InChI is InChI=1S/C12H19N3S/c1-9-8-15(12(16)13-9)11-4-6-14-5-2-3-10(14)7-11/h8,10-11H,2-7H2,1H3,(H,13,16). The molecule has 2 saturated heterocycles. The third-order valence-electron chi connectivity index (χ3n) is 4.06. The first kappa shape index (κ1) is 10.5. The van der Waals surface area contributed by atoms with E-state index in [2.05, 4.69) is 27.6 Å². The Morgan fingerprint density at radius 2 is 2.19 bits per heavy atom. The predicted octanol–water partition coefficient (Wildman–Crippen LogP) is 2.65. The molecule has 3 nitrogen and oxygen atoms in total. The van der Waals surface area contributed by atoms with Crippen molar-refractivity contribution in [3.63, 3.8) is 0 Å². The summed E-state index contributed by atoms with van der Waals surface area (Å²) in [4.78, 5) is 5.88. The number of imidazole rings is 1. The molecule has 4 heteroatoms. The Hall–Kier alpha value is -0.610. The van der Waals surface area contributed by atoms with Crippen molar-refractivity contribution in [2.45, 2.75) is 44.7 Å². The highest BCUT2D eigenvalue weighted by atomic mass is 32.1. The minimum atomic E-state index is 0.622. The van der Waals surface area contributed by atoms with Gasteiger partial charge in [0.05, 0.1) is 0 Å². The molecule has 88 valence electrons. The molecule has 2 atom stereocenters.